The maximum Gasteiger partial charge on any atom is 0.227 e. The predicted octanol–water partition coefficient (Wildman–Crippen LogP) is 3.50. The van der Waals surface area contributed by atoms with Crippen molar-refractivity contribution >= 4 is 11.8 Å². The quantitative estimate of drug-likeness (QED) is 0.826. The second kappa shape index (κ2) is 8.11. The van der Waals surface area contributed by atoms with Crippen LogP contribution in [0.3, 0.4) is 0 Å². The van der Waals surface area contributed by atoms with E-state index in [0.717, 1.165) is 30.7 Å². The number of carbonyl (C=O) groups excluding carboxylic acids is 2. The second-order valence-electron chi connectivity index (χ2n) is 8.21. The highest BCUT2D eigenvalue weighted by Crippen LogP contribution is 2.31. The minimum Gasteiger partial charge on any atom is -0.496 e. The maximum absolute atomic E-state index is 13.1. The van der Waals surface area contributed by atoms with Crippen molar-refractivity contribution in [3.05, 3.63) is 29.8 Å². The van der Waals surface area contributed by atoms with E-state index in [1.807, 2.05) is 63.9 Å². The van der Waals surface area contributed by atoms with Gasteiger partial charge in [0.25, 0.3) is 0 Å². The fourth-order valence-electron chi connectivity index (χ4n) is 3.54. The standard InChI is InChI=1S/C21H32N2O3/c1-15(17-11-7-8-12-18(17)26-6)22(5)19(24)16-10-9-13-23(14-16)20(25)21(2,3)4/h7-8,11-12,15-16H,9-10,13-14H2,1-6H3. The molecule has 5 nitrogen and oxygen atoms in total. The van der Waals surface area contributed by atoms with Gasteiger partial charge in [0.1, 0.15) is 5.75 Å². The number of hydrogen-bond donors (Lipinski definition) is 0. The van der Waals surface area contributed by atoms with Gasteiger partial charge in [-0.05, 0) is 25.8 Å². The number of rotatable bonds is 4. The number of methoxy groups -OCH3 is 1. The molecule has 1 aromatic rings. The Morgan fingerprint density at radius 3 is 2.54 bits per heavy atom. The molecule has 0 N–H and O–H groups in total. The Hall–Kier alpha value is -2.04. The number of benzene rings is 1. The van der Waals surface area contributed by atoms with E-state index in [1.165, 1.54) is 0 Å². The van der Waals surface area contributed by atoms with Gasteiger partial charge in [-0.2, -0.15) is 0 Å². The molecule has 5 heteroatoms. The first-order valence-corrected chi connectivity index (χ1v) is 9.35. The highest BCUT2D eigenvalue weighted by atomic mass is 16.5. The molecular weight excluding hydrogens is 328 g/mol. The van der Waals surface area contributed by atoms with Crippen molar-refractivity contribution in [2.75, 3.05) is 27.2 Å². The first-order valence-electron chi connectivity index (χ1n) is 9.35. The maximum atomic E-state index is 13.1. The van der Waals surface area contributed by atoms with Crippen molar-refractivity contribution in [2.24, 2.45) is 11.3 Å². The Morgan fingerprint density at radius 1 is 1.27 bits per heavy atom. The van der Waals surface area contributed by atoms with Crippen molar-refractivity contribution in [1.29, 1.82) is 0 Å². The summed E-state index contributed by atoms with van der Waals surface area (Å²) in [6.07, 6.45) is 1.70. The van der Waals surface area contributed by atoms with Crippen molar-refractivity contribution in [2.45, 2.75) is 46.6 Å². The van der Waals surface area contributed by atoms with Crippen LogP contribution in [-0.4, -0.2) is 48.9 Å². The Morgan fingerprint density at radius 2 is 1.92 bits per heavy atom. The van der Waals surface area contributed by atoms with Crippen molar-refractivity contribution in [3.8, 4) is 5.75 Å². The molecular formula is C21H32N2O3. The van der Waals surface area contributed by atoms with E-state index in [9.17, 15) is 9.59 Å². The molecule has 1 fully saturated rings. The lowest BCUT2D eigenvalue weighted by Gasteiger charge is -2.38. The van der Waals surface area contributed by atoms with Gasteiger partial charge in [0.2, 0.25) is 11.8 Å². The second-order valence-corrected chi connectivity index (χ2v) is 8.21. The monoisotopic (exact) mass is 360 g/mol. The van der Waals surface area contributed by atoms with Gasteiger partial charge in [-0.15, -0.1) is 0 Å². The first kappa shape index (κ1) is 20.3. The third kappa shape index (κ3) is 4.37. The molecule has 1 aliphatic rings. The highest BCUT2D eigenvalue weighted by molar-refractivity contribution is 5.84. The number of likely N-dealkylation sites (tertiary alicyclic amines) is 1. The van der Waals surface area contributed by atoms with E-state index in [-0.39, 0.29) is 23.8 Å². The summed E-state index contributed by atoms with van der Waals surface area (Å²) in [5.74, 6) is 0.857. The van der Waals surface area contributed by atoms with E-state index >= 15 is 0 Å². The highest BCUT2D eigenvalue weighted by Gasteiger charge is 2.35. The van der Waals surface area contributed by atoms with Crippen LogP contribution in [0.4, 0.5) is 0 Å². The van der Waals surface area contributed by atoms with E-state index < -0.39 is 5.41 Å². The molecule has 0 saturated carbocycles. The fourth-order valence-corrected chi connectivity index (χ4v) is 3.54. The van der Waals surface area contributed by atoms with Crippen LogP contribution in [0.25, 0.3) is 0 Å². The van der Waals surface area contributed by atoms with Crippen LogP contribution in [-0.2, 0) is 9.59 Å². The number of para-hydroxylation sites is 1. The number of amides is 2. The minimum absolute atomic E-state index is 0.0904. The van der Waals surface area contributed by atoms with E-state index in [0.29, 0.717) is 6.54 Å². The van der Waals surface area contributed by atoms with Gasteiger partial charge in [-0.1, -0.05) is 39.0 Å². The van der Waals surface area contributed by atoms with E-state index in [4.69, 9.17) is 4.74 Å². The summed E-state index contributed by atoms with van der Waals surface area (Å²) in [4.78, 5) is 29.3. The molecule has 0 aliphatic carbocycles. The predicted molar refractivity (Wildman–Crippen MR) is 103 cm³/mol. The Bertz CT molecular complexity index is 651. The molecule has 26 heavy (non-hydrogen) atoms. The Balaban J connectivity index is 2.11. The molecule has 2 amide bonds. The zero-order chi connectivity index (χ0) is 19.5. The molecule has 2 unspecified atom stereocenters. The minimum atomic E-state index is -0.415. The van der Waals surface area contributed by atoms with Crippen LogP contribution in [0.15, 0.2) is 24.3 Å². The first-order chi connectivity index (χ1) is 12.2. The summed E-state index contributed by atoms with van der Waals surface area (Å²) in [7, 11) is 3.48. The summed E-state index contributed by atoms with van der Waals surface area (Å²) in [5.41, 5.74) is 0.575. The van der Waals surface area contributed by atoms with Gasteiger partial charge in [-0.25, -0.2) is 0 Å². The average Bonchev–Trinajstić information content (AvgIpc) is 2.64. The molecule has 1 saturated heterocycles. The molecule has 0 spiro atoms. The van der Waals surface area contributed by atoms with Crippen LogP contribution in [0.2, 0.25) is 0 Å². The molecule has 2 atom stereocenters. The van der Waals surface area contributed by atoms with Crippen LogP contribution < -0.4 is 4.74 Å². The number of ether oxygens (including phenoxy) is 1. The van der Waals surface area contributed by atoms with Crippen molar-refractivity contribution < 1.29 is 14.3 Å². The SMILES string of the molecule is COc1ccccc1C(C)N(C)C(=O)C1CCCN(C(=O)C(C)(C)C)C1. The van der Waals surface area contributed by atoms with Gasteiger partial charge in [0, 0.05) is 31.1 Å². The van der Waals surface area contributed by atoms with Gasteiger partial charge < -0.3 is 14.5 Å². The van der Waals surface area contributed by atoms with E-state index in [2.05, 4.69) is 0 Å². The molecule has 0 bridgehead atoms. The zero-order valence-electron chi connectivity index (χ0n) is 16.9. The van der Waals surface area contributed by atoms with Gasteiger partial charge in [0.05, 0.1) is 19.1 Å². The molecule has 1 heterocycles. The largest absolute Gasteiger partial charge is 0.496 e. The zero-order valence-corrected chi connectivity index (χ0v) is 16.9. The molecule has 0 radical (unpaired) electrons. The number of piperidine rings is 1. The molecule has 0 aromatic heterocycles. The summed E-state index contributed by atoms with van der Waals surface area (Å²) < 4.78 is 5.44. The fraction of sp³-hybridized carbons (Fsp3) is 0.619. The van der Waals surface area contributed by atoms with Crippen molar-refractivity contribution in [1.82, 2.24) is 9.80 Å². The van der Waals surface area contributed by atoms with Gasteiger partial charge in [0.15, 0.2) is 0 Å². The summed E-state index contributed by atoms with van der Waals surface area (Å²) in [6.45, 7) is 9.05. The van der Waals surface area contributed by atoms with E-state index in [1.54, 1.807) is 12.0 Å². The number of carbonyl (C=O) groups is 2. The molecule has 1 aliphatic heterocycles. The lowest BCUT2D eigenvalue weighted by molar-refractivity contribution is -0.145. The molecule has 2 rings (SSSR count). The van der Waals surface area contributed by atoms with Crippen LogP contribution in [0.5, 0.6) is 5.75 Å². The number of nitrogens with zero attached hydrogens (tertiary/aromatic N) is 2. The third-order valence-corrected chi connectivity index (χ3v) is 5.22. The van der Waals surface area contributed by atoms with Crippen LogP contribution in [0, 0.1) is 11.3 Å². The third-order valence-electron chi connectivity index (χ3n) is 5.22. The Kier molecular flexibility index (Phi) is 6.32. The van der Waals surface area contributed by atoms with Gasteiger partial charge >= 0.3 is 0 Å². The van der Waals surface area contributed by atoms with Gasteiger partial charge in [-0.3, -0.25) is 9.59 Å². The Labute approximate surface area is 157 Å². The van der Waals surface area contributed by atoms with Crippen LogP contribution >= 0.6 is 0 Å². The summed E-state index contributed by atoms with van der Waals surface area (Å²) >= 11 is 0. The summed E-state index contributed by atoms with van der Waals surface area (Å²) in [5, 5.41) is 0. The summed E-state index contributed by atoms with van der Waals surface area (Å²) in [6, 6.07) is 7.69. The van der Waals surface area contributed by atoms with Crippen LogP contribution in [0.1, 0.15) is 52.1 Å². The topological polar surface area (TPSA) is 49.9 Å². The lowest BCUT2D eigenvalue weighted by atomic mass is 9.90. The van der Waals surface area contributed by atoms with Crippen molar-refractivity contribution in [3.63, 3.8) is 0 Å². The molecule has 144 valence electrons. The molecule has 1 aromatic carbocycles. The lowest BCUT2D eigenvalue weighted by Crippen LogP contribution is -2.49. The smallest absolute Gasteiger partial charge is 0.227 e. The normalized spacial score (nSPS) is 19.0. The average molecular weight is 360 g/mol. The number of hydrogen-bond acceptors (Lipinski definition) is 3.